The molecule has 0 N–H and O–H groups in total. The summed E-state index contributed by atoms with van der Waals surface area (Å²) in [7, 11) is 0. The van der Waals surface area contributed by atoms with Crippen molar-refractivity contribution in [1.82, 2.24) is 4.98 Å². The van der Waals surface area contributed by atoms with E-state index < -0.39 is 0 Å². The third kappa shape index (κ3) is 17.1. The average molecular weight is 268 g/mol. The number of pyridine rings is 1. The summed E-state index contributed by atoms with van der Waals surface area (Å²) in [6.45, 7) is 16.4. The summed E-state index contributed by atoms with van der Waals surface area (Å²) in [4.78, 5) is 4.10. The summed E-state index contributed by atoms with van der Waals surface area (Å²) < 4.78 is 0. The van der Waals surface area contributed by atoms with Crippen molar-refractivity contribution in [3.63, 3.8) is 0 Å². The van der Waals surface area contributed by atoms with Gasteiger partial charge < -0.3 is 0 Å². The first-order valence-corrected chi connectivity index (χ1v) is 8.22. The second kappa shape index (κ2) is 22.3. The fraction of sp³-hybridized carbons (Fsp3) is 0.722. The minimum atomic E-state index is 1.03. The van der Waals surface area contributed by atoms with Crippen LogP contribution < -0.4 is 0 Å². The van der Waals surface area contributed by atoms with Crippen LogP contribution in [0.25, 0.3) is 0 Å². The Bertz CT molecular complexity index is 214. The molecule has 0 aliphatic heterocycles. The highest BCUT2D eigenvalue weighted by Gasteiger charge is 2.09. The van der Waals surface area contributed by atoms with Gasteiger partial charge in [-0.05, 0) is 24.5 Å². The summed E-state index contributed by atoms with van der Waals surface area (Å²) in [5.41, 5.74) is 1.16. The Kier molecular flexibility index (Phi) is 27.3. The molecule has 0 radical (unpaired) electrons. The first kappa shape index (κ1) is 23.3. The van der Waals surface area contributed by atoms with Gasteiger partial charge in [0.2, 0.25) is 0 Å². The van der Waals surface area contributed by atoms with Gasteiger partial charge in [0.25, 0.3) is 0 Å². The molecule has 1 aromatic heterocycles. The van der Waals surface area contributed by atoms with Gasteiger partial charge in [-0.1, -0.05) is 80.7 Å². The van der Waals surface area contributed by atoms with Gasteiger partial charge in [0.05, 0.1) is 0 Å². The third-order valence-corrected chi connectivity index (χ3v) is 2.48. The summed E-state index contributed by atoms with van der Waals surface area (Å²) in [6, 6.07) is 5.96. The Morgan fingerprint density at radius 2 is 1.47 bits per heavy atom. The molecule has 114 valence electrons. The Balaban J connectivity index is -0.000000202. The number of aromatic nitrogens is 1. The molecule has 1 saturated carbocycles. The highest BCUT2D eigenvalue weighted by Crippen LogP contribution is 2.24. The van der Waals surface area contributed by atoms with Crippen LogP contribution in [-0.4, -0.2) is 4.98 Å². The van der Waals surface area contributed by atoms with Gasteiger partial charge >= 0.3 is 0 Å². The second-order valence-electron chi connectivity index (χ2n) is 3.71. The molecule has 0 bridgehead atoms. The number of hydrogen-bond donors (Lipinski definition) is 0. The largest absolute Gasteiger partial charge is 0.261 e. The lowest BCUT2D eigenvalue weighted by Crippen LogP contribution is -2.04. The lowest BCUT2D eigenvalue weighted by molar-refractivity contribution is 0.346. The Labute approximate surface area is 122 Å². The van der Waals surface area contributed by atoms with E-state index in [0.29, 0.717) is 0 Å². The molecule has 0 saturated heterocycles. The van der Waals surface area contributed by atoms with Crippen molar-refractivity contribution in [1.29, 1.82) is 0 Å². The predicted molar refractivity (Wildman–Crippen MR) is 90.7 cm³/mol. The SMILES string of the molecule is CC.CC.CC.CC1CCC1.CCc1ccccn1. The molecule has 0 amide bonds. The standard InChI is InChI=1S/C7H9N.C5H10.3C2H6/c1-2-7-5-3-4-6-8-7;1-5-3-2-4-5;3*1-2/h3-6H,2H2,1H3;5H,2-4H2,1H3;3*1-2H3. The van der Waals surface area contributed by atoms with Crippen molar-refractivity contribution >= 4 is 0 Å². The fourth-order valence-electron chi connectivity index (χ4n) is 1.22. The Morgan fingerprint density at radius 3 is 1.63 bits per heavy atom. The van der Waals surface area contributed by atoms with Gasteiger partial charge in [-0.25, -0.2) is 0 Å². The van der Waals surface area contributed by atoms with Crippen LogP contribution in [0.3, 0.4) is 0 Å². The van der Waals surface area contributed by atoms with E-state index in [1.807, 2.05) is 65.9 Å². The van der Waals surface area contributed by atoms with Gasteiger partial charge in [-0.3, -0.25) is 4.98 Å². The van der Waals surface area contributed by atoms with Crippen LogP contribution in [0.4, 0.5) is 0 Å². The number of aryl methyl sites for hydroxylation is 1. The predicted octanol–water partition coefficient (Wildman–Crippen LogP) is 6.53. The summed E-state index contributed by atoms with van der Waals surface area (Å²) in [5.74, 6) is 1.06. The minimum absolute atomic E-state index is 1.03. The minimum Gasteiger partial charge on any atom is -0.261 e. The van der Waals surface area contributed by atoms with E-state index >= 15 is 0 Å². The fourth-order valence-corrected chi connectivity index (χ4v) is 1.22. The van der Waals surface area contributed by atoms with Crippen LogP contribution in [0.1, 0.15) is 80.3 Å². The second-order valence-corrected chi connectivity index (χ2v) is 3.71. The zero-order chi connectivity index (χ0) is 15.5. The van der Waals surface area contributed by atoms with E-state index in [0.717, 1.165) is 18.0 Å². The molecule has 1 fully saturated rings. The summed E-state index contributed by atoms with van der Waals surface area (Å²) in [6.07, 6.45) is 7.31. The molecule has 2 rings (SSSR count). The van der Waals surface area contributed by atoms with Crippen molar-refractivity contribution in [3.8, 4) is 0 Å². The smallest absolute Gasteiger partial charge is 0.0400 e. The van der Waals surface area contributed by atoms with Crippen molar-refractivity contribution < 1.29 is 0 Å². The molecule has 0 atom stereocenters. The monoisotopic (exact) mass is 267 g/mol. The van der Waals surface area contributed by atoms with E-state index in [1.165, 1.54) is 19.3 Å². The number of hydrogen-bond acceptors (Lipinski definition) is 1. The van der Waals surface area contributed by atoms with Gasteiger partial charge in [0.1, 0.15) is 0 Å². The molecule has 1 heterocycles. The highest BCUT2D eigenvalue weighted by molar-refractivity contribution is 5.02. The molecular weight excluding hydrogens is 230 g/mol. The molecular formula is C18H37N. The third-order valence-electron chi connectivity index (χ3n) is 2.48. The molecule has 1 aromatic rings. The van der Waals surface area contributed by atoms with E-state index in [2.05, 4.69) is 18.8 Å². The highest BCUT2D eigenvalue weighted by atomic mass is 14.6. The van der Waals surface area contributed by atoms with Gasteiger partial charge in [0, 0.05) is 11.9 Å². The van der Waals surface area contributed by atoms with Crippen LogP contribution >= 0.6 is 0 Å². The maximum atomic E-state index is 4.10. The Morgan fingerprint density at radius 1 is 1.00 bits per heavy atom. The van der Waals surface area contributed by atoms with E-state index in [9.17, 15) is 0 Å². The molecule has 0 unspecified atom stereocenters. The number of rotatable bonds is 1. The van der Waals surface area contributed by atoms with Crippen molar-refractivity contribution in [2.45, 2.75) is 81.1 Å². The van der Waals surface area contributed by atoms with E-state index in [-0.39, 0.29) is 0 Å². The molecule has 1 heteroatoms. The van der Waals surface area contributed by atoms with Crippen LogP contribution in [0.5, 0.6) is 0 Å². The molecule has 1 aliphatic rings. The van der Waals surface area contributed by atoms with E-state index in [4.69, 9.17) is 0 Å². The summed E-state index contributed by atoms with van der Waals surface area (Å²) >= 11 is 0. The van der Waals surface area contributed by atoms with Crippen molar-refractivity contribution in [2.24, 2.45) is 5.92 Å². The molecule has 1 nitrogen and oxygen atoms in total. The normalized spacial score (nSPS) is 11.6. The zero-order valence-electron chi connectivity index (χ0n) is 14.7. The summed E-state index contributed by atoms with van der Waals surface area (Å²) in [5, 5.41) is 0. The lowest BCUT2D eigenvalue weighted by atomic mass is 9.88. The van der Waals surface area contributed by atoms with Crippen LogP contribution in [0, 0.1) is 5.92 Å². The first-order chi connectivity index (χ1) is 9.33. The van der Waals surface area contributed by atoms with Gasteiger partial charge in [-0.2, -0.15) is 0 Å². The van der Waals surface area contributed by atoms with Gasteiger partial charge in [0.15, 0.2) is 0 Å². The van der Waals surface area contributed by atoms with Gasteiger partial charge in [-0.15, -0.1) is 0 Å². The number of nitrogens with zero attached hydrogens (tertiary/aromatic N) is 1. The molecule has 0 aromatic carbocycles. The lowest BCUT2D eigenvalue weighted by Gasteiger charge is -2.18. The maximum Gasteiger partial charge on any atom is 0.0400 e. The van der Waals surface area contributed by atoms with Crippen LogP contribution in [-0.2, 0) is 6.42 Å². The van der Waals surface area contributed by atoms with E-state index in [1.54, 1.807) is 0 Å². The molecule has 0 spiro atoms. The topological polar surface area (TPSA) is 12.9 Å². The molecule has 1 aliphatic carbocycles. The molecule has 19 heavy (non-hydrogen) atoms. The van der Waals surface area contributed by atoms with Crippen LogP contribution in [0.15, 0.2) is 24.4 Å². The quantitative estimate of drug-likeness (QED) is 0.563. The maximum absolute atomic E-state index is 4.10. The van der Waals surface area contributed by atoms with Crippen molar-refractivity contribution in [3.05, 3.63) is 30.1 Å². The Hall–Kier alpha value is -0.850. The van der Waals surface area contributed by atoms with Crippen LogP contribution in [0.2, 0.25) is 0 Å². The average Bonchev–Trinajstić information content (AvgIpc) is 2.52. The zero-order valence-corrected chi connectivity index (χ0v) is 14.7. The van der Waals surface area contributed by atoms with Crippen molar-refractivity contribution in [2.75, 3.05) is 0 Å². The first-order valence-electron chi connectivity index (χ1n) is 8.22.